The first kappa shape index (κ1) is 8.74. The molecule has 2 heterocycles. The first-order chi connectivity index (χ1) is 6.72. The van der Waals surface area contributed by atoms with Crippen LogP contribution in [0.4, 0.5) is 0 Å². The molecule has 0 aliphatic rings. The average Bonchev–Trinajstić information content (AvgIpc) is 2.62. The van der Waals surface area contributed by atoms with Crippen molar-refractivity contribution in [1.82, 2.24) is 9.38 Å². The molecule has 0 fully saturated rings. The fraction of sp³-hybridized carbons (Fsp3) is 0.200. The van der Waals surface area contributed by atoms with E-state index in [2.05, 4.69) is 9.72 Å². The lowest BCUT2D eigenvalue weighted by atomic mass is 10.2. The van der Waals surface area contributed by atoms with Gasteiger partial charge in [-0.3, -0.25) is 0 Å². The van der Waals surface area contributed by atoms with Gasteiger partial charge in [-0.15, -0.1) is 0 Å². The number of carbonyl (C=O) groups excluding carboxylic acids is 1. The van der Waals surface area contributed by atoms with Gasteiger partial charge in [0, 0.05) is 6.20 Å². The fourth-order valence-electron chi connectivity index (χ4n) is 1.45. The Labute approximate surface area is 81.1 Å². The number of ether oxygens (including phenoxy) is 1. The van der Waals surface area contributed by atoms with Crippen molar-refractivity contribution < 1.29 is 9.53 Å². The summed E-state index contributed by atoms with van der Waals surface area (Å²) in [5.74, 6) is -0.334. The number of hydrogen-bond acceptors (Lipinski definition) is 3. The van der Waals surface area contributed by atoms with E-state index >= 15 is 0 Å². The van der Waals surface area contributed by atoms with Gasteiger partial charge in [-0.05, 0) is 18.6 Å². The summed E-state index contributed by atoms with van der Waals surface area (Å²) >= 11 is 0. The Morgan fingerprint density at radius 3 is 3.07 bits per heavy atom. The molecule has 72 valence electrons. The van der Waals surface area contributed by atoms with Crippen LogP contribution < -0.4 is 0 Å². The highest BCUT2D eigenvalue weighted by Gasteiger charge is 2.11. The summed E-state index contributed by atoms with van der Waals surface area (Å²) < 4.78 is 6.50. The topological polar surface area (TPSA) is 43.6 Å². The number of carbonyl (C=O) groups is 1. The monoisotopic (exact) mass is 190 g/mol. The van der Waals surface area contributed by atoms with Crippen molar-refractivity contribution in [3.05, 3.63) is 35.9 Å². The zero-order chi connectivity index (χ0) is 10.1. The second-order valence-corrected chi connectivity index (χ2v) is 3.11. The Morgan fingerprint density at radius 1 is 1.57 bits per heavy atom. The van der Waals surface area contributed by atoms with Crippen LogP contribution in [0.15, 0.2) is 24.8 Å². The molecule has 0 atom stereocenters. The lowest BCUT2D eigenvalue weighted by molar-refractivity contribution is 0.0602. The number of fused-ring (bicyclic) bond motifs is 1. The maximum Gasteiger partial charge on any atom is 0.340 e. The lowest BCUT2D eigenvalue weighted by Gasteiger charge is -2.03. The van der Waals surface area contributed by atoms with Crippen LogP contribution in [0, 0.1) is 6.92 Å². The van der Waals surface area contributed by atoms with Gasteiger partial charge in [0.05, 0.1) is 30.7 Å². The smallest absolute Gasteiger partial charge is 0.340 e. The number of pyridine rings is 1. The summed E-state index contributed by atoms with van der Waals surface area (Å²) in [7, 11) is 1.37. The molecule has 0 saturated heterocycles. The van der Waals surface area contributed by atoms with E-state index in [1.165, 1.54) is 7.11 Å². The molecule has 2 aromatic rings. The number of esters is 1. The third-order valence-corrected chi connectivity index (χ3v) is 2.06. The van der Waals surface area contributed by atoms with Crippen LogP contribution in [0.25, 0.3) is 5.52 Å². The van der Waals surface area contributed by atoms with E-state index in [9.17, 15) is 4.79 Å². The Balaban J connectivity index is 2.72. The molecule has 14 heavy (non-hydrogen) atoms. The van der Waals surface area contributed by atoms with E-state index in [0.29, 0.717) is 5.56 Å². The van der Waals surface area contributed by atoms with Crippen molar-refractivity contribution >= 4 is 11.5 Å². The van der Waals surface area contributed by atoms with Gasteiger partial charge in [-0.2, -0.15) is 0 Å². The summed E-state index contributed by atoms with van der Waals surface area (Å²) in [5.41, 5.74) is 2.31. The maximum absolute atomic E-state index is 11.4. The van der Waals surface area contributed by atoms with E-state index in [1.54, 1.807) is 18.6 Å². The van der Waals surface area contributed by atoms with E-state index < -0.39 is 0 Å². The van der Waals surface area contributed by atoms with Crippen LogP contribution >= 0.6 is 0 Å². The van der Waals surface area contributed by atoms with Gasteiger partial charge in [0.2, 0.25) is 0 Å². The van der Waals surface area contributed by atoms with Crippen molar-refractivity contribution in [3.8, 4) is 0 Å². The molecule has 4 nitrogen and oxygen atoms in total. The average molecular weight is 190 g/mol. The molecule has 0 amide bonds. The second-order valence-electron chi connectivity index (χ2n) is 3.11. The second kappa shape index (κ2) is 3.14. The largest absolute Gasteiger partial charge is 0.465 e. The van der Waals surface area contributed by atoms with E-state index in [-0.39, 0.29) is 5.97 Å². The zero-order valence-electron chi connectivity index (χ0n) is 8.02. The van der Waals surface area contributed by atoms with Gasteiger partial charge in [-0.25, -0.2) is 9.78 Å². The van der Waals surface area contributed by atoms with Crippen LogP contribution in [0.5, 0.6) is 0 Å². The van der Waals surface area contributed by atoms with Crippen molar-refractivity contribution in [2.45, 2.75) is 6.92 Å². The third kappa shape index (κ3) is 1.25. The van der Waals surface area contributed by atoms with Crippen molar-refractivity contribution in [2.75, 3.05) is 7.11 Å². The molecule has 0 aromatic carbocycles. The molecule has 2 aromatic heterocycles. The van der Waals surface area contributed by atoms with E-state index in [1.807, 2.05) is 17.5 Å². The van der Waals surface area contributed by atoms with Crippen LogP contribution in [0.1, 0.15) is 15.9 Å². The molecule has 4 heteroatoms. The summed E-state index contributed by atoms with van der Waals surface area (Å²) in [5, 5.41) is 0. The molecule has 2 rings (SSSR count). The zero-order valence-corrected chi connectivity index (χ0v) is 8.02. The minimum atomic E-state index is -0.334. The predicted molar refractivity (Wildman–Crippen MR) is 51.3 cm³/mol. The fourth-order valence-corrected chi connectivity index (χ4v) is 1.45. The minimum Gasteiger partial charge on any atom is -0.465 e. The highest BCUT2D eigenvalue weighted by atomic mass is 16.5. The van der Waals surface area contributed by atoms with Gasteiger partial charge in [0.15, 0.2) is 0 Å². The molecular weight excluding hydrogens is 180 g/mol. The summed E-state index contributed by atoms with van der Waals surface area (Å²) in [6.07, 6.45) is 5.22. The normalized spacial score (nSPS) is 10.4. The number of methoxy groups -OCH3 is 1. The van der Waals surface area contributed by atoms with Gasteiger partial charge >= 0.3 is 5.97 Å². The highest BCUT2D eigenvalue weighted by molar-refractivity contribution is 5.96. The van der Waals surface area contributed by atoms with Crippen LogP contribution in [-0.2, 0) is 4.74 Å². The number of hydrogen-bond donors (Lipinski definition) is 0. The molecule has 0 radical (unpaired) electrons. The first-order valence-electron chi connectivity index (χ1n) is 4.23. The summed E-state index contributed by atoms with van der Waals surface area (Å²) in [6, 6.07) is 1.79. The third-order valence-electron chi connectivity index (χ3n) is 2.06. The van der Waals surface area contributed by atoms with Gasteiger partial charge in [-0.1, -0.05) is 0 Å². The van der Waals surface area contributed by atoms with E-state index in [4.69, 9.17) is 0 Å². The van der Waals surface area contributed by atoms with Gasteiger partial charge in [0.25, 0.3) is 0 Å². The Kier molecular flexibility index (Phi) is 1.96. The molecule has 0 aliphatic heterocycles. The minimum absolute atomic E-state index is 0.334. The Bertz CT molecular complexity index is 488. The first-order valence-corrected chi connectivity index (χ1v) is 4.23. The number of aryl methyl sites for hydroxylation is 1. The number of imidazole rings is 1. The molecule has 0 spiro atoms. The van der Waals surface area contributed by atoms with Crippen molar-refractivity contribution in [3.63, 3.8) is 0 Å². The van der Waals surface area contributed by atoms with Crippen LogP contribution in [0.3, 0.4) is 0 Å². The molecule has 0 N–H and O–H groups in total. The highest BCUT2D eigenvalue weighted by Crippen LogP contribution is 2.13. The molecule has 0 aliphatic carbocycles. The van der Waals surface area contributed by atoms with Crippen molar-refractivity contribution in [1.29, 1.82) is 0 Å². The molecular formula is C10H10N2O2. The summed E-state index contributed by atoms with van der Waals surface area (Å²) in [6.45, 7) is 1.92. The Hall–Kier alpha value is -1.84. The Morgan fingerprint density at radius 2 is 2.36 bits per heavy atom. The number of rotatable bonds is 1. The molecule has 0 unspecified atom stereocenters. The van der Waals surface area contributed by atoms with Crippen LogP contribution in [-0.4, -0.2) is 22.5 Å². The maximum atomic E-state index is 11.4. The quantitative estimate of drug-likeness (QED) is 0.639. The lowest BCUT2D eigenvalue weighted by Crippen LogP contribution is -2.04. The molecule has 0 bridgehead atoms. The molecule has 0 saturated carbocycles. The summed E-state index contributed by atoms with van der Waals surface area (Å²) in [4.78, 5) is 15.4. The van der Waals surface area contributed by atoms with E-state index in [0.717, 1.165) is 11.1 Å². The van der Waals surface area contributed by atoms with Gasteiger partial charge in [0.1, 0.15) is 0 Å². The number of nitrogens with zero attached hydrogens (tertiary/aromatic N) is 2. The number of aromatic nitrogens is 2. The SMILES string of the molecule is COC(=O)c1cc(C)cn2cncc12. The van der Waals surface area contributed by atoms with Crippen LogP contribution in [0.2, 0.25) is 0 Å². The predicted octanol–water partition coefficient (Wildman–Crippen LogP) is 1.43. The van der Waals surface area contributed by atoms with Gasteiger partial charge < -0.3 is 9.14 Å². The standard InChI is InChI=1S/C10H10N2O2/c1-7-3-8(10(13)14-2)9-4-11-6-12(9)5-7/h3-6H,1-2H3. The van der Waals surface area contributed by atoms with Crippen molar-refractivity contribution in [2.24, 2.45) is 0 Å².